The Morgan fingerprint density at radius 2 is 1.87 bits per heavy atom. The Balaban J connectivity index is 1.78. The van der Waals surface area contributed by atoms with Crippen LogP contribution in [0.5, 0.6) is 0 Å². The molecule has 2 aliphatic rings. The lowest BCUT2D eigenvalue weighted by Gasteiger charge is -2.34. The lowest BCUT2D eigenvalue weighted by molar-refractivity contribution is -0.116. The second-order valence-electron chi connectivity index (χ2n) is 7.40. The second kappa shape index (κ2) is 8.03. The Bertz CT molecular complexity index is 1110. The lowest BCUT2D eigenvalue weighted by atomic mass is 9.75. The highest BCUT2D eigenvalue weighted by molar-refractivity contribution is 6.30. The number of benzene rings is 2. The van der Waals surface area contributed by atoms with Crippen molar-refractivity contribution in [2.24, 2.45) is 0 Å². The summed E-state index contributed by atoms with van der Waals surface area (Å²) in [5, 5.41) is 6.26. The van der Waals surface area contributed by atoms with Crippen LogP contribution in [0.15, 0.2) is 65.0 Å². The van der Waals surface area contributed by atoms with Crippen LogP contribution in [0.3, 0.4) is 0 Å². The van der Waals surface area contributed by atoms with Gasteiger partial charge in [0, 0.05) is 46.0 Å². The highest BCUT2D eigenvalue weighted by Gasteiger charge is 2.38. The fourth-order valence-electron chi connectivity index (χ4n) is 4.05. The van der Waals surface area contributed by atoms with Crippen molar-refractivity contribution in [2.45, 2.75) is 32.1 Å². The zero-order chi connectivity index (χ0) is 21.4. The fraction of sp³-hybridized carbons (Fsp3) is 0.217. The molecule has 30 heavy (non-hydrogen) atoms. The number of amides is 1. The molecule has 0 fully saturated rings. The minimum atomic E-state index is -0.873. The van der Waals surface area contributed by atoms with E-state index in [-0.39, 0.29) is 11.5 Å². The summed E-state index contributed by atoms with van der Waals surface area (Å²) in [4.78, 5) is 26.0. The van der Waals surface area contributed by atoms with Gasteiger partial charge in [0.25, 0.3) is 5.91 Å². The average Bonchev–Trinajstić information content (AvgIpc) is 2.70. The maximum absolute atomic E-state index is 14.1. The van der Waals surface area contributed by atoms with E-state index < -0.39 is 23.5 Å². The van der Waals surface area contributed by atoms with Gasteiger partial charge in [-0.25, -0.2) is 8.78 Å². The molecular formula is C23H19ClF2N2O2. The van der Waals surface area contributed by atoms with Crippen molar-refractivity contribution < 1.29 is 18.4 Å². The first-order chi connectivity index (χ1) is 14.3. The Morgan fingerprint density at radius 1 is 1.13 bits per heavy atom. The summed E-state index contributed by atoms with van der Waals surface area (Å²) < 4.78 is 27.3. The summed E-state index contributed by atoms with van der Waals surface area (Å²) in [6.45, 7) is 1.75. The van der Waals surface area contributed by atoms with Crippen molar-refractivity contribution in [3.63, 3.8) is 0 Å². The van der Waals surface area contributed by atoms with E-state index in [1.165, 1.54) is 6.07 Å². The molecule has 2 aromatic carbocycles. The average molecular weight is 429 g/mol. The Morgan fingerprint density at radius 3 is 2.57 bits per heavy atom. The van der Waals surface area contributed by atoms with E-state index >= 15 is 0 Å². The fourth-order valence-corrected chi connectivity index (χ4v) is 4.18. The standard InChI is InChI=1S/C23H19ClF2N2O2/c1-12-20(23(30)28-17-10-9-15(25)11-16(17)26)21(13-5-7-14(24)8-6-13)22-18(27-12)3-2-4-19(22)29/h5-11,21,27H,2-4H2,1H3,(H,28,30). The van der Waals surface area contributed by atoms with Crippen LogP contribution in [0.25, 0.3) is 0 Å². The van der Waals surface area contributed by atoms with Crippen LogP contribution in [0.1, 0.15) is 37.7 Å². The molecule has 0 bridgehead atoms. The molecule has 2 aromatic rings. The van der Waals surface area contributed by atoms with Crippen LogP contribution < -0.4 is 10.6 Å². The van der Waals surface area contributed by atoms with E-state index in [0.29, 0.717) is 40.8 Å². The first-order valence-corrected chi connectivity index (χ1v) is 9.99. The number of anilines is 1. The monoisotopic (exact) mass is 428 g/mol. The maximum Gasteiger partial charge on any atom is 0.254 e. The van der Waals surface area contributed by atoms with Crippen molar-refractivity contribution in [3.8, 4) is 0 Å². The van der Waals surface area contributed by atoms with Gasteiger partial charge in [-0.3, -0.25) is 9.59 Å². The van der Waals surface area contributed by atoms with Crippen molar-refractivity contribution in [1.29, 1.82) is 0 Å². The van der Waals surface area contributed by atoms with Gasteiger partial charge >= 0.3 is 0 Å². The van der Waals surface area contributed by atoms with Crippen LogP contribution in [0.2, 0.25) is 5.02 Å². The Labute approximate surface area is 177 Å². The topological polar surface area (TPSA) is 58.2 Å². The van der Waals surface area contributed by atoms with Crippen LogP contribution in [0, 0.1) is 11.6 Å². The minimum Gasteiger partial charge on any atom is -0.362 e. The number of dihydropyridines is 1. The summed E-state index contributed by atoms with van der Waals surface area (Å²) in [7, 11) is 0. The highest BCUT2D eigenvalue weighted by Crippen LogP contribution is 2.42. The molecule has 0 radical (unpaired) electrons. The van der Waals surface area contributed by atoms with E-state index in [2.05, 4.69) is 10.6 Å². The van der Waals surface area contributed by atoms with Crippen LogP contribution in [-0.2, 0) is 9.59 Å². The highest BCUT2D eigenvalue weighted by atomic mass is 35.5. The van der Waals surface area contributed by atoms with Gasteiger partial charge in [-0.15, -0.1) is 0 Å². The molecule has 1 aliphatic carbocycles. The third kappa shape index (κ3) is 3.75. The van der Waals surface area contributed by atoms with Gasteiger partial charge in [0.1, 0.15) is 11.6 Å². The first-order valence-electron chi connectivity index (χ1n) is 9.61. The van der Waals surface area contributed by atoms with E-state index in [1.807, 2.05) is 0 Å². The van der Waals surface area contributed by atoms with E-state index in [0.717, 1.165) is 23.7 Å². The molecule has 1 heterocycles. The van der Waals surface area contributed by atoms with Crippen LogP contribution >= 0.6 is 11.6 Å². The van der Waals surface area contributed by atoms with Crippen LogP contribution in [0.4, 0.5) is 14.5 Å². The molecule has 0 spiro atoms. The third-order valence-corrected chi connectivity index (χ3v) is 5.66. The quantitative estimate of drug-likeness (QED) is 0.704. The number of ketones is 1. The molecule has 7 heteroatoms. The van der Waals surface area contributed by atoms with Crippen molar-refractivity contribution in [1.82, 2.24) is 5.32 Å². The largest absolute Gasteiger partial charge is 0.362 e. The SMILES string of the molecule is CC1=C(C(=O)Nc2ccc(F)cc2F)C(c2ccc(Cl)cc2)C2=C(CCCC2=O)N1. The number of hydrogen-bond donors (Lipinski definition) is 2. The number of carbonyl (C=O) groups is 2. The van der Waals surface area contributed by atoms with Crippen LogP contribution in [-0.4, -0.2) is 11.7 Å². The number of allylic oxidation sites excluding steroid dienone is 3. The molecule has 1 unspecified atom stereocenters. The van der Waals surface area contributed by atoms with Crippen molar-refractivity contribution >= 4 is 29.0 Å². The van der Waals surface area contributed by atoms with E-state index in [4.69, 9.17) is 11.6 Å². The van der Waals surface area contributed by atoms with E-state index in [9.17, 15) is 18.4 Å². The van der Waals surface area contributed by atoms with Gasteiger partial charge in [-0.1, -0.05) is 23.7 Å². The molecule has 4 rings (SSSR count). The smallest absolute Gasteiger partial charge is 0.254 e. The van der Waals surface area contributed by atoms with Crippen molar-refractivity contribution in [3.05, 3.63) is 87.2 Å². The van der Waals surface area contributed by atoms with E-state index in [1.54, 1.807) is 31.2 Å². The number of halogens is 3. The molecule has 1 amide bonds. The molecule has 154 valence electrons. The summed E-state index contributed by atoms with van der Waals surface area (Å²) in [5.74, 6) is -2.79. The summed E-state index contributed by atoms with van der Waals surface area (Å²) in [6, 6.07) is 9.92. The molecule has 1 aliphatic heterocycles. The van der Waals surface area contributed by atoms with Crippen molar-refractivity contribution in [2.75, 3.05) is 5.32 Å². The summed E-state index contributed by atoms with van der Waals surface area (Å²) in [5.41, 5.74) is 2.88. The molecule has 0 saturated heterocycles. The predicted octanol–water partition coefficient (Wildman–Crippen LogP) is 5.22. The summed E-state index contributed by atoms with van der Waals surface area (Å²) in [6.07, 6.45) is 1.86. The first kappa shape index (κ1) is 20.3. The van der Waals surface area contributed by atoms with Gasteiger partial charge in [-0.05, 0) is 49.6 Å². The molecule has 0 saturated carbocycles. The van der Waals surface area contributed by atoms with Gasteiger partial charge < -0.3 is 10.6 Å². The number of hydrogen-bond acceptors (Lipinski definition) is 3. The minimum absolute atomic E-state index is 0.0190. The lowest BCUT2D eigenvalue weighted by Crippen LogP contribution is -2.35. The Kier molecular flexibility index (Phi) is 5.43. The number of nitrogens with one attached hydrogen (secondary N) is 2. The predicted molar refractivity (Wildman–Crippen MR) is 111 cm³/mol. The third-order valence-electron chi connectivity index (χ3n) is 5.40. The molecule has 4 nitrogen and oxygen atoms in total. The molecular weight excluding hydrogens is 410 g/mol. The number of rotatable bonds is 3. The normalized spacial score (nSPS) is 18.8. The molecule has 1 atom stereocenters. The number of carbonyl (C=O) groups excluding carboxylic acids is 2. The Hall–Kier alpha value is -2.99. The van der Waals surface area contributed by atoms with Gasteiger partial charge in [0.15, 0.2) is 5.78 Å². The van der Waals surface area contributed by atoms with Gasteiger partial charge in [0.05, 0.1) is 5.69 Å². The zero-order valence-electron chi connectivity index (χ0n) is 16.2. The summed E-state index contributed by atoms with van der Waals surface area (Å²) >= 11 is 6.03. The maximum atomic E-state index is 14.1. The second-order valence-corrected chi connectivity index (χ2v) is 7.83. The van der Waals surface area contributed by atoms with Gasteiger partial charge in [-0.2, -0.15) is 0 Å². The number of Topliss-reactive ketones (excluding diaryl/α,β-unsaturated/α-hetero) is 1. The zero-order valence-corrected chi connectivity index (χ0v) is 16.9. The molecule has 2 N–H and O–H groups in total. The van der Waals surface area contributed by atoms with Gasteiger partial charge in [0.2, 0.25) is 0 Å². The molecule has 0 aromatic heterocycles.